The molecule has 3 aromatic rings. The van der Waals surface area contributed by atoms with Crippen molar-refractivity contribution in [3.05, 3.63) is 65.6 Å². The molecule has 262 valence electrons. The second-order valence-corrected chi connectivity index (χ2v) is 15.1. The zero-order chi connectivity index (χ0) is 36.4. The van der Waals surface area contributed by atoms with Crippen LogP contribution in [0.2, 0.25) is 0 Å². The number of nitrogens with one attached hydrogen (secondary N) is 1. The van der Waals surface area contributed by atoms with Crippen molar-refractivity contribution in [2.75, 3.05) is 49.3 Å². The van der Waals surface area contributed by atoms with Crippen molar-refractivity contribution in [3.63, 3.8) is 0 Å². The number of nitriles is 1. The maximum Gasteiger partial charge on any atom is 0.296 e. The summed E-state index contributed by atoms with van der Waals surface area (Å²) in [4.78, 5) is 5.00. The Hall–Kier alpha value is -4.65. The van der Waals surface area contributed by atoms with Gasteiger partial charge in [-0.2, -0.15) is 32.3 Å². The van der Waals surface area contributed by atoms with Crippen molar-refractivity contribution < 1.29 is 39.1 Å². The predicted molar refractivity (Wildman–Crippen MR) is 181 cm³/mol. The van der Waals surface area contributed by atoms with Gasteiger partial charge in [0.25, 0.3) is 20.2 Å². The molecule has 0 aliphatic rings. The molecule has 0 spiro atoms. The maximum absolute atomic E-state index is 12.3. The van der Waals surface area contributed by atoms with E-state index in [1.165, 1.54) is 29.2 Å². The van der Waals surface area contributed by atoms with Crippen LogP contribution in [0, 0.1) is 18.3 Å². The van der Waals surface area contributed by atoms with E-state index in [1.807, 2.05) is 6.92 Å². The first kappa shape index (κ1) is 38.8. The third-order valence-electron chi connectivity index (χ3n) is 6.69. The maximum atomic E-state index is 12.3. The van der Waals surface area contributed by atoms with Gasteiger partial charge >= 0.3 is 0 Å². The van der Waals surface area contributed by atoms with Crippen LogP contribution in [0.1, 0.15) is 24.5 Å². The van der Waals surface area contributed by atoms with Crippen LogP contribution in [0.4, 0.5) is 34.4 Å². The molecule has 3 N–H and O–H groups in total. The summed E-state index contributed by atoms with van der Waals surface area (Å²) in [7, 11) is -11.3. The topological polar surface area (TPSA) is 253 Å². The summed E-state index contributed by atoms with van der Waals surface area (Å²) >= 11 is 0. The average molecular weight is 735 g/mol. The van der Waals surface area contributed by atoms with Gasteiger partial charge in [0.1, 0.15) is 28.2 Å². The summed E-state index contributed by atoms with van der Waals surface area (Å²) in [6, 6.07) is 10.3. The lowest BCUT2D eigenvalue weighted by atomic mass is 10.1. The molecule has 0 aliphatic carbocycles. The van der Waals surface area contributed by atoms with Crippen molar-refractivity contribution in [2.45, 2.75) is 30.1 Å². The Morgan fingerprint density at radius 2 is 1.65 bits per heavy atom. The van der Waals surface area contributed by atoms with Crippen LogP contribution in [0.3, 0.4) is 0 Å². The van der Waals surface area contributed by atoms with Gasteiger partial charge in [-0.3, -0.25) is 9.11 Å². The molecule has 0 saturated heterocycles. The van der Waals surface area contributed by atoms with E-state index in [4.69, 9.17) is 9.29 Å². The fraction of sp³-hybridized carbons (Fsp3) is 0.310. The lowest BCUT2D eigenvalue weighted by Gasteiger charge is -2.22. The molecular weight excluding hydrogens is 701 g/mol. The minimum atomic E-state index is -4.89. The second-order valence-electron chi connectivity index (χ2n) is 10.2. The first-order chi connectivity index (χ1) is 23.0. The number of benzene rings is 2. The molecule has 3 rings (SSSR count). The molecule has 0 fully saturated rings. The van der Waals surface area contributed by atoms with Gasteiger partial charge in [0, 0.05) is 44.3 Å². The van der Waals surface area contributed by atoms with Gasteiger partial charge in [-0.15, -0.1) is 10.2 Å². The molecule has 49 heavy (non-hydrogen) atoms. The van der Waals surface area contributed by atoms with E-state index in [0.717, 1.165) is 23.6 Å². The number of nitrogens with zero attached hydrogens (tertiary/aromatic N) is 7. The number of pyridine rings is 1. The monoisotopic (exact) mass is 734 g/mol. The molecule has 1 aromatic heterocycles. The molecule has 0 amide bonds. The Balaban J connectivity index is 2.06. The molecule has 0 aliphatic heterocycles. The van der Waals surface area contributed by atoms with Gasteiger partial charge in [0.15, 0.2) is 15.7 Å². The Morgan fingerprint density at radius 1 is 1.00 bits per heavy atom. The third-order valence-corrected chi connectivity index (χ3v) is 9.70. The third kappa shape index (κ3) is 10.9. The number of aromatic nitrogens is 1. The predicted octanol–water partition coefficient (Wildman–Crippen LogP) is 5.42. The molecule has 1 heterocycles. The summed E-state index contributed by atoms with van der Waals surface area (Å²) in [5, 5.41) is 30.0. The fourth-order valence-electron chi connectivity index (χ4n) is 4.07. The average Bonchev–Trinajstić information content (AvgIpc) is 3.05. The van der Waals surface area contributed by atoms with E-state index in [1.54, 1.807) is 14.0 Å². The molecule has 0 unspecified atom stereocenters. The number of hydrogen-bond donors (Lipinski definition) is 3. The Labute approximate surface area is 284 Å². The lowest BCUT2D eigenvalue weighted by Crippen LogP contribution is -2.26. The van der Waals surface area contributed by atoms with Crippen molar-refractivity contribution in [1.29, 1.82) is 5.26 Å². The normalized spacial score (nSPS) is 12.3. The zero-order valence-corrected chi connectivity index (χ0v) is 29.1. The number of azo groups is 2. The minimum Gasteiger partial charge on any atom is -0.382 e. The van der Waals surface area contributed by atoms with Crippen LogP contribution < -0.4 is 10.2 Å². The zero-order valence-electron chi connectivity index (χ0n) is 26.7. The summed E-state index contributed by atoms with van der Waals surface area (Å²) in [5.74, 6) is 0.0326. The SMILES string of the molecule is C=CS(=O)(=O)CCN(C)c1nc(NCCCOCC)c(C#N)c(C)c1/N=N/c1ccc(/N=N/c2ccc(S(=O)(=O)O)cc2)cc1S(=O)(=O)O. The standard InChI is InChI=1S/C29H34N8O9S3/c1-5-46-16-7-14-31-28-24(19-30)20(3)27(29(32-28)37(4)15-17-47(38,39)6-2)36-35-25-13-10-22(18-26(25)49(43,44)45)34-33-21-8-11-23(12-9-21)48(40,41)42/h6,8-13,18H,2,5,7,14-17H2,1,3-4H3,(H,31,32)(H,40,41,42)(H,43,44,45)/b34-33+,36-35+. The van der Waals surface area contributed by atoms with Crippen LogP contribution in [-0.2, 0) is 34.8 Å². The smallest absolute Gasteiger partial charge is 0.296 e. The van der Waals surface area contributed by atoms with Crippen LogP contribution >= 0.6 is 0 Å². The fourth-order valence-corrected chi connectivity index (χ4v) is 5.88. The van der Waals surface area contributed by atoms with E-state index in [-0.39, 0.29) is 57.1 Å². The van der Waals surface area contributed by atoms with Crippen molar-refractivity contribution in [2.24, 2.45) is 20.5 Å². The van der Waals surface area contributed by atoms with Crippen molar-refractivity contribution >= 4 is 64.5 Å². The number of anilines is 2. The highest BCUT2D eigenvalue weighted by Crippen LogP contribution is 2.38. The number of rotatable bonds is 17. The number of hydrogen-bond acceptors (Lipinski definition) is 15. The van der Waals surface area contributed by atoms with Crippen LogP contribution in [0.25, 0.3) is 0 Å². The molecule has 2 aromatic carbocycles. The number of sulfone groups is 1. The van der Waals surface area contributed by atoms with Crippen LogP contribution in [-0.4, -0.2) is 78.4 Å². The van der Waals surface area contributed by atoms with Gasteiger partial charge in [0.2, 0.25) is 0 Å². The molecule has 0 radical (unpaired) electrons. The highest BCUT2D eigenvalue weighted by atomic mass is 32.2. The van der Waals surface area contributed by atoms with E-state index >= 15 is 0 Å². The largest absolute Gasteiger partial charge is 0.382 e. The molecule has 0 saturated carbocycles. The van der Waals surface area contributed by atoms with Crippen LogP contribution in [0.15, 0.2) is 84.7 Å². The van der Waals surface area contributed by atoms with Gasteiger partial charge < -0.3 is 15.0 Å². The van der Waals surface area contributed by atoms with Crippen LogP contribution in [0.5, 0.6) is 0 Å². The van der Waals surface area contributed by atoms with E-state index in [2.05, 4.69) is 43.4 Å². The quantitative estimate of drug-likeness (QED) is 0.0891. The molecule has 0 atom stereocenters. The van der Waals surface area contributed by atoms with Crippen molar-refractivity contribution in [3.8, 4) is 6.07 Å². The van der Waals surface area contributed by atoms with E-state index in [9.17, 15) is 35.1 Å². The molecular formula is C29H34N8O9S3. The summed E-state index contributed by atoms with van der Waals surface area (Å²) in [6.45, 7) is 8.15. The summed E-state index contributed by atoms with van der Waals surface area (Å²) < 4.78 is 95.9. The summed E-state index contributed by atoms with van der Waals surface area (Å²) in [6.07, 6.45) is 0.609. The molecule has 20 heteroatoms. The summed E-state index contributed by atoms with van der Waals surface area (Å²) in [5.41, 5.74) is 0.299. The molecule has 0 bridgehead atoms. The van der Waals surface area contributed by atoms with Gasteiger partial charge in [-0.25, -0.2) is 13.4 Å². The van der Waals surface area contributed by atoms with Gasteiger partial charge in [0.05, 0.1) is 27.6 Å². The lowest BCUT2D eigenvalue weighted by molar-refractivity contribution is 0.147. The second kappa shape index (κ2) is 16.6. The highest BCUT2D eigenvalue weighted by Gasteiger charge is 2.22. The first-order valence-electron chi connectivity index (χ1n) is 14.4. The van der Waals surface area contributed by atoms with Gasteiger partial charge in [-0.1, -0.05) is 6.58 Å². The number of ether oxygens (including phenoxy) is 1. The van der Waals surface area contributed by atoms with E-state index < -0.39 is 35.0 Å². The van der Waals surface area contributed by atoms with Crippen molar-refractivity contribution in [1.82, 2.24) is 4.98 Å². The highest BCUT2D eigenvalue weighted by molar-refractivity contribution is 7.94. The Morgan fingerprint density at radius 3 is 2.24 bits per heavy atom. The van der Waals surface area contributed by atoms with Gasteiger partial charge in [-0.05, 0) is 62.7 Å². The first-order valence-corrected chi connectivity index (χ1v) is 19.0. The Kier molecular flexibility index (Phi) is 13.2. The Bertz CT molecular complexity index is 2110. The van der Waals surface area contributed by atoms with E-state index in [0.29, 0.717) is 31.7 Å². The molecule has 17 nitrogen and oxygen atoms in total. The minimum absolute atomic E-state index is 0.0290.